The van der Waals surface area contributed by atoms with Gasteiger partial charge in [-0.25, -0.2) is 0 Å². The maximum Gasteiger partial charge on any atom is 0.0462 e. The number of hydrogen-bond acceptors (Lipinski definition) is 4. The average molecular weight is 246 g/mol. The Morgan fingerprint density at radius 2 is 2.38 bits per heavy atom. The molecule has 4 heteroatoms. The first kappa shape index (κ1) is 14.3. The predicted molar refractivity (Wildman–Crippen MR) is 72.1 cm³/mol. The summed E-state index contributed by atoms with van der Waals surface area (Å²) in [7, 11) is 1.75. The van der Waals surface area contributed by atoms with Crippen molar-refractivity contribution in [3.63, 3.8) is 0 Å². The minimum absolute atomic E-state index is 0.316. The lowest BCUT2D eigenvalue weighted by Crippen LogP contribution is -2.44. The highest BCUT2D eigenvalue weighted by molar-refractivity contribution is 8.00. The van der Waals surface area contributed by atoms with E-state index < -0.39 is 0 Å². The van der Waals surface area contributed by atoms with Crippen LogP contribution in [0.15, 0.2) is 0 Å². The number of nitrogens with two attached hydrogens (primary N) is 1. The van der Waals surface area contributed by atoms with E-state index in [0.717, 1.165) is 31.2 Å². The maximum absolute atomic E-state index is 6.13. The second kappa shape index (κ2) is 8.34. The van der Waals surface area contributed by atoms with Crippen molar-refractivity contribution < 1.29 is 4.74 Å². The summed E-state index contributed by atoms with van der Waals surface area (Å²) in [5.41, 5.74) is 6.13. The SMILES string of the molecule is CCC1CN(CC(N)CCCOC)CCS1. The quantitative estimate of drug-likeness (QED) is 0.692. The van der Waals surface area contributed by atoms with Crippen LogP contribution in [0.25, 0.3) is 0 Å². The lowest BCUT2D eigenvalue weighted by Gasteiger charge is -2.33. The van der Waals surface area contributed by atoms with Gasteiger partial charge in [0.25, 0.3) is 0 Å². The minimum atomic E-state index is 0.316. The molecule has 3 nitrogen and oxygen atoms in total. The fraction of sp³-hybridized carbons (Fsp3) is 1.00. The van der Waals surface area contributed by atoms with Crippen molar-refractivity contribution in [3.8, 4) is 0 Å². The molecule has 1 heterocycles. The third kappa shape index (κ3) is 5.53. The number of methoxy groups -OCH3 is 1. The zero-order valence-electron chi connectivity index (χ0n) is 10.7. The van der Waals surface area contributed by atoms with E-state index in [1.54, 1.807) is 7.11 Å². The summed E-state index contributed by atoms with van der Waals surface area (Å²) in [5, 5.41) is 0.819. The van der Waals surface area contributed by atoms with Crippen molar-refractivity contribution in [1.29, 1.82) is 0 Å². The monoisotopic (exact) mass is 246 g/mol. The summed E-state index contributed by atoms with van der Waals surface area (Å²) in [6.07, 6.45) is 3.44. The lowest BCUT2D eigenvalue weighted by molar-refractivity contribution is 0.185. The van der Waals surface area contributed by atoms with Gasteiger partial charge < -0.3 is 10.5 Å². The van der Waals surface area contributed by atoms with Crippen LogP contribution in [0.3, 0.4) is 0 Å². The van der Waals surface area contributed by atoms with Crippen LogP contribution in [0.1, 0.15) is 26.2 Å². The molecule has 0 aromatic rings. The Kier molecular flexibility index (Phi) is 7.45. The van der Waals surface area contributed by atoms with Crippen LogP contribution < -0.4 is 5.73 Å². The summed E-state index contributed by atoms with van der Waals surface area (Å²) in [6, 6.07) is 0.316. The smallest absolute Gasteiger partial charge is 0.0462 e. The van der Waals surface area contributed by atoms with Crippen LogP contribution in [-0.4, -0.2) is 55.3 Å². The van der Waals surface area contributed by atoms with Crippen molar-refractivity contribution in [2.75, 3.05) is 39.1 Å². The van der Waals surface area contributed by atoms with Crippen LogP contribution in [0.5, 0.6) is 0 Å². The van der Waals surface area contributed by atoms with Crippen LogP contribution in [-0.2, 0) is 4.74 Å². The summed E-state index contributed by atoms with van der Waals surface area (Å²) < 4.78 is 5.04. The average Bonchev–Trinajstić information content (AvgIpc) is 2.29. The Morgan fingerprint density at radius 3 is 3.06 bits per heavy atom. The topological polar surface area (TPSA) is 38.5 Å². The van der Waals surface area contributed by atoms with Crippen molar-refractivity contribution in [2.24, 2.45) is 5.73 Å². The standard InChI is InChI=1S/C12H26N2OS/c1-3-12-10-14(6-8-16-12)9-11(13)5-4-7-15-2/h11-12H,3-10,13H2,1-2H3. The van der Waals surface area contributed by atoms with E-state index in [1.807, 2.05) is 0 Å². The van der Waals surface area contributed by atoms with Crippen molar-refractivity contribution in [2.45, 2.75) is 37.5 Å². The van der Waals surface area contributed by atoms with Gasteiger partial charge in [-0.2, -0.15) is 11.8 Å². The van der Waals surface area contributed by atoms with Gasteiger partial charge in [0, 0.05) is 50.4 Å². The molecule has 1 rings (SSSR count). The van der Waals surface area contributed by atoms with Gasteiger partial charge in [0.1, 0.15) is 0 Å². The predicted octanol–water partition coefficient (Wildman–Crippen LogP) is 1.57. The Bertz CT molecular complexity index is 180. The number of rotatable bonds is 7. The van der Waals surface area contributed by atoms with Crippen molar-refractivity contribution in [3.05, 3.63) is 0 Å². The number of hydrogen-bond donors (Lipinski definition) is 1. The van der Waals surface area contributed by atoms with Gasteiger partial charge in [-0.1, -0.05) is 6.92 Å². The van der Waals surface area contributed by atoms with E-state index >= 15 is 0 Å². The highest BCUT2D eigenvalue weighted by Crippen LogP contribution is 2.21. The zero-order valence-corrected chi connectivity index (χ0v) is 11.5. The van der Waals surface area contributed by atoms with Crippen LogP contribution >= 0.6 is 11.8 Å². The molecule has 0 aliphatic carbocycles. The van der Waals surface area contributed by atoms with E-state index in [0.29, 0.717) is 6.04 Å². The first-order valence-electron chi connectivity index (χ1n) is 6.34. The van der Waals surface area contributed by atoms with Gasteiger partial charge in [-0.3, -0.25) is 4.90 Å². The van der Waals surface area contributed by atoms with Crippen molar-refractivity contribution in [1.82, 2.24) is 4.90 Å². The van der Waals surface area contributed by atoms with E-state index in [4.69, 9.17) is 10.5 Å². The first-order valence-corrected chi connectivity index (χ1v) is 7.39. The van der Waals surface area contributed by atoms with Gasteiger partial charge in [-0.15, -0.1) is 0 Å². The summed E-state index contributed by atoms with van der Waals surface area (Å²) in [5.74, 6) is 1.27. The molecular weight excluding hydrogens is 220 g/mol. The van der Waals surface area contributed by atoms with Crippen LogP contribution in [0.4, 0.5) is 0 Å². The highest BCUT2D eigenvalue weighted by Gasteiger charge is 2.20. The maximum atomic E-state index is 6.13. The van der Waals surface area contributed by atoms with E-state index in [9.17, 15) is 0 Å². The van der Waals surface area contributed by atoms with E-state index in [1.165, 1.54) is 25.3 Å². The number of thioether (sulfide) groups is 1. The molecule has 2 atom stereocenters. The molecule has 16 heavy (non-hydrogen) atoms. The van der Waals surface area contributed by atoms with Gasteiger partial charge >= 0.3 is 0 Å². The highest BCUT2D eigenvalue weighted by atomic mass is 32.2. The molecule has 2 unspecified atom stereocenters. The second-order valence-corrected chi connectivity index (χ2v) is 5.96. The molecule has 0 bridgehead atoms. The molecular formula is C12H26N2OS. The third-order valence-electron chi connectivity index (χ3n) is 3.09. The largest absolute Gasteiger partial charge is 0.385 e. The normalized spacial score (nSPS) is 24.6. The van der Waals surface area contributed by atoms with Crippen LogP contribution in [0, 0.1) is 0 Å². The van der Waals surface area contributed by atoms with E-state index in [2.05, 4.69) is 23.6 Å². The van der Waals surface area contributed by atoms with Gasteiger partial charge in [0.15, 0.2) is 0 Å². The fourth-order valence-corrected chi connectivity index (χ4v) is 3.35. The second-order valence-electron chi connectivity index (χ2n) is 4.56. The summed E-state index contributed by atoms with van der Waals surface area (Å²) in [6.45, 7) is 6.60. The molecule has 1 fully saturated rings. The molecule has 1 aliphatic rings. The molecule has 0 aromatic carbocycles. The Morgan fingerprint density at radius 1 is 1.56 bits per heavy atom. The third-order valence-corrected chi connectivity index (χ3v) is 4.47. The molecule has 0 aromatic heterocycles. The zero-order chi connectivity index (χ0) is 11.8. The summed E-state index contributed by atoms with van der Waals surface area (Å²) >= 11 is 2.11. The first-order chi connectivity index (χ1) is 7.76. The number of nitrogens with zero attached hydrogens (tertiary/aromatic N) is 1. The Labute approximate surface area is 104 Å². The fourth-order valence-electron chi connectivity index (χ4n) is 2.11. The molecule has 2 N–H and O–H groups in total. The molecule has 1 aliphatic heterocycles. The lowest BCUT2D eigenvalue weighted by atomic mass is 10.1. The Hall–Kier alpha value is 0.230. The van der Waals surface area contributed by atoms with Gasteiger partial charge in [0.05, 0.1) is 0 Å². The van der Waals surface area contributed by atoms with Gasteiger partial charge in [0.2, 0.25) is 0 Å². The van der Waals surface area contributed by atoms with E-state index in [-0.39, 0.29) is 0 Å². The number of ether oxygens (including phenoxy) is 1. The van der Waals surface area contributed by atoms with Gasteiger partial charge in [-0.05, 0) is 19.3 Å². The molecule has 0 saturated carbocycles. The molecule has 0 amide bonds. The van der Waals surface area contributed by atoms with Crippen LogP contribution in [0.2, 0.25) is 0 Å². The molecule has 0 radical (unpaired) electrons. The summed E-state index contributed by atoms with van der Waals surface area (Å²) in [4.78, 5) is 2.53. The Balaban J connectivity index is 2.14. The molecule has 96 valence electrons. The van der Waals surface area contributed by atoms with Crippen molar-refractivity contribution >= 4 is 11.8 Å². The molecule has 0 spiro atoms. The molecule has 1 saturated heterocycles. The minimum Gasteiger partial charge on any atom is -0.385 e.